The molecule has 3 aromatic heterocycles. The zero-order valence-corrected chi connectivity index (χ0v) is 30.9. The summed E-state index contributed by atoms with van der Waals surface area (Å²) in [6, 6.07) is 53.7. The van der Waals surface area contributed by atoms with Gasteiger partial charge in [0, 0.05) is 53.2 Å². The fourth-order valence-electron chi connectivity index (χ4n) is 8.40. The normalized spacial score (nSPS) is 13.2. The number of thiophene rings is 1. The average Bonchev–Trinajstić information content (AvgIpc) is 3.86. The number of aromatic nitrogens is 3. The fourth-order valence-corrected chi connectivity index (χ4v) is 12.6. The quantitative estimate of drug-likeness (QED) is 0.170. The summed E-state index contributed by atoms with van der Waals surface area (Å²) in [6.07, 6.45) is 0. The Kier molecular flexibility index (Phi) is 6.54. The molecule has 0 fully saturated rings. The van der Waals surface area contributed by atoms with Crippen molar-refractivity contribution in [3.8, 4) is 56.4 Å². The van der Waals surface area contributed by atoms with Crippen LogP contribution >= 0.6 is 11.3 Å². The van der Waals surface area contributed by atoms with Crippen molar-refractivity contribution in [2.45, 2.75) is 13.1 Å². The van der Waals surface area contributed by atoms with E-state index < -0.39 is 8.07 Å². The fraction of sp³-hybridized carbons (Fsp3) is 0.0426. The summed E-state index contributed by atoms with van der Waals surface area (Å²) in [5, 5.41) is 7.27. The molecule has 0 atom stereocenters. The van der Waals surface area contributed by atoms with Crippen molar-refractivity contribution in [1.82, 2.24) is 15.0 Å². The summed E-state index contributed by atoms with van der Waals surface area (Å²) in [7, 11) is -2.10. The highest BCUT2D eigenvalue weighted by Crippen LogP contribution is 2.44. The number of nitrogens with zero attached hydrogens (tertiary/aromatic N) is 3. The second-order valence-electron chi connectivity index (χ2n) is 14.3. The van der Waals surface area contributed by atoms with E-state index in [1.807, 2.05) is 12.1 Å². The van der Waals surface area contributed by atoms with Crippen LogP contribution in [-0.4, -0.2) is 23.0 Å². The van der Waals surface area contributed by atoms with Crippen LogP contribution in [0.15, 0.2) is 156 Å². The first-order valence-corrected chi connectivity index (χ1v) is 21.8. The molecule has 0 spiro atoms. The Morgan fingerprint density at radius 1 is 0.472 bits per heavy atom. The Morgan fingerprint density at radius 3 is 2.00 bits per heavy atom. The van der Waals surface area contributed by atoms with Gasteiger partial charge >= 0.3 is 0 Å². The minimum atomic E-state index is -2.10. The van der Waals surface area contributed by atoms with Crippen molar-refractivity contribution in [3.05, 3.63) is 152 Å². The third-order valence-electron chi connectivity index (χ3n) is 10.9. The van der Waals surface area contributed by atoms with E-state index in [0.717, 1.165) is 49.8 Å². The summed E-state index contributed by atoms with van der Waals surface area (Å²) >= 11 is 1.80. The van der Waals surface area contributed by atoms with Gasteiger partial charge in [-0.3, -0.25) is 0 Å². The Bertz CT molecular complexity index is 3110. The van der Waals surface area contributed by atoms with Crippen molar-refractivity contribution in [1.29, 1.82) is 0 Å². The molecule has 0 saturated carbocycles. The van der Waals surface area contributed by atoms with Gasteiger partial charge in [0.2, 0.25) is 0 Å². The zero-order chi connectivity index (χ0) is 35.3. The summed E-state index contributed by atoms with van der Waals surface area (Å²) in [5.74, 6) is 1.94. The van der Waals surface area contributed by atoms with Crippen molar-refractivity contribution in [3.63, 3.8) is 0 Å². The van der Waals surface area contributed by atoms with Gasteiger partial charge in [0.05, 0.1) is 0 Å². The summed E-state index contributed by atoms with van der Waals surface area (Å²) in [5.41, 5.74) is 9.44. The standard InChI is InChI=1S/C47H31N3OSSi/c1-53(2)39-25-11-8-20-33(39)43-40(53)27-35(42-31-18-6-9-22-36(31)51-44(42)43)47-49-45(30-17-12-16-29(26-30)28-14-4-3-5-15-28)48-46(50-47)34-21-13-24-38-41(34)32-19-7-10-23-37(32)52-38/h3-27H,1-2H3. The number of rotatable bonds is 4. The molecule has 250 valence electrons. The highest BCUT2D eigenvalue weighted by molar-refractivity contribution is 7.25. The monoisotopic (exact) mass is 713 g/mol. The van der Waals surface area contributed by atoms with E-state index in [9.17, 15) is 0 Å². The molecular formula is C47H31N3OSSi. The Labute approximate surface area is 311 Å². The SMILES string of the molecule is C[Si]1(C)c2ccccc2-c2c1cc(-c1nc(-c3cccc(-c4ccccc4)c3)nc(-c3cccc4sc5ccccc5c34)n1)c1c2oc2ccccc21. The third kappa shape index (κ3) is 4.56. The van der Waals surface area contributed by atoms with E-state index in [4.69, 9.17) is 19.4 Å². The molecule has 0 unspecified atom stereocenters. The Morgan fingerprint density at radius 2 is 1.11 bits per heavy atom. The first-order valence-electron chi connectivity index (χ1n) is 17.9. The number of furan rings is 1. The molecule has 0 amide bonds. The number of hydrogen-bond donors (Lipinski definition) is 0. The molecule has 10 aromatic rings. The largest absolute Gasteiger partial charge is 0.455 e. The highest BCUT2D eigenvalue weighted by atomic mass is 32.1. The predicted octanol–water partition coefficient (Wildman–Crippen LogP) is 11.6. The van der Waals surface area contributed by atoms with E-state index in [2.05, 4.69) is 153 Å². The van der Waals surface area contributed by atoms with Crippen molar-refractivity contribution in [2.24, 2.45) is 0 Å². The van der Waals surface area contributed by atoms with Crippen LogP contribution in [0.25, 0.3) is 98.5 Å². The van der Waals surface area contributed by atoms with Gasteiger partial charge in [-0.2, -0.15) is 0 Å². The van der Waals surface area contributed by atoms with Crippen LogP contribution in [-0.2, 0) is 0 Å². The molecule has 7 aromatic carbocycles. The molecule has 1 aliphatic rings. The third-order valence-corrected chi connectivity index (χ3v) is 15.6. The Hall–Kier alpha value is -6.21. The number of fused-ring (bicyclic) bond motifs is 10. The summed E-state index contributed by atoms with van der Waals surface area (Å²) in [6.45, 7) is 4.88. The predicted molar refractivity (Wildman–Crippen MR) is 224 cm³/mol. The molecule has 0 saturated heterocycles. The van der Waals surface area contributed by atoms with Gasteiger partial charge in [0.1, 0.15) is 19.2 Å². The lowest BCUT2D eigenvalue weighted by atomic mass is 9.98. The lowest BCUT2D eigenvalue weighted by molar-refractivity contribution is 0.670. The minimum Gasteiger partial charge on any atom is -0.455 e. The van der Waals surface area contributed by atoms with Crippen LogP contribution in [0.2, 0.25) is 13.1 Å². The molecule has 6 heteroatoms. The van der Waals surface area contributed by atoms with Crippen LogP contribution < -0.4 is 10.4 Å². The van der Waals surface area contributed by atoms with E-state index in [1.54, 1.807) is 11.3 Å². The molecule has 0 radical (unpaired) electrons. The van der Waals surface area contributed by atoms with E-state index in [0.29, 0.717) is 17.5 Å². The molecule has 1 aliphatic heterocycles. The van der Waals surface area contributed by atoms with Gasteiger partial charge in [0.25, 0.3) is 0 Å². The highest BCUT2D eigenvalue weighted by Gasteiger charge is 2.40. The molecule has 11 rings (SSSR count). The minimum absolute atomic E-state index is 0.639. The second-order valence-corrected chi connectivity index (χ2v) is 19.8. The first kappa shape index (κ1) is 30.4. The van der Waals surface area contributed by atoms with Crippen LogP contribution in [0.1, 0.15) is 0 Å². The molecule has 0 aliphatic carbocycles. The lowest BCUT2D eigenvalue weighted by Gasteiger charge is -2.19. The number of para-hydroxylation sites is 1. The second kappa shape index (κ2) is 11.4. The molecule has 0 N–H and O–H groups in total. The van der Waals surface area contributed by atoms with Gasteiger partial charge < -0.3 is 4.42 Å². The smallest absolute Gasteiger partial charge is 0.164 e. The maximum atomic E-state index is 6.85. The van der Waals surface area contributed by atoms with Crippen molar-refractivity contribution in [2.75, 3.05) is 0 Å². The zero-order valence-electron chi connectivity index (χ0n) is 29.1. The van der Waals surface area contributed by atoms with Crippen LogP contribution in [0.3, 0.4) is 0 Å². The van der Waals surface area contributed by atoms with Gasteiger partial charge in [-0.05, 0) is 57.4 Å². The van der Waals surface area contributed by atoms with E-state index in [1.165, 1.54) is 41.7 Å². The summed E-state index contributed by atoms with van der Waals surface area (Å²) in [4.78, 5) is 16.1. The summed E-state index contributed by atoms with van der Waals surface area (Å²) < 4.78 is 9.31. The van der Waals surface area contributed by atoms with E-state index in [-0.39, 0.29) is 0 Å². The van der Waals surface area contributed by atoms with Crippen LogP contribution in [0, 0.1) is 0 Å². The molecule has 4 heterocycles. The van der Waals surface area contributed by atoms with Gasteiger partial charge in [-0.25, -0.2) is 15.0 Å². The van der Waals surface area contributed by atoms with Crippen molar-refractivity contribution >= 4 is 71.9 Å². The molecule has 53 heavy (non-hydrogen) atoms. The van der Waals surface area contributed by atoms with E-state index >= 15 is 0 Å². The average molecular weight is 714 g/mol. The number of benzene rings is 7. The van der Waals surface area contributed by atoms with Crippen molar-refractivity contribution < 1.29 is 4.42 Å². The van der Waals surface area contributed by atoms with Gasteiger partial charge in [-0.15, -0.1) is 11.3 Å². The topological polar surface area (TPSA) is 51.8 Å². The molecule has 4 nitrogen and oxygen atoms in total. The van der Waals surface area contributed by atoms with Crippen LogP contribution in [0.4, 0.5) is 0 Å². The van der Waals surface area contributed by atoms with Gasteiger partial charge in [0.15, 0.2) is 17.5 Å². The lowest BCUT2D eigenvalue weighted by Crippen LogP contribution is -2.49. The van der Waals surface area contributed by atoms with Crippen LogP contribution in [0.5, 0.6) is 0 Å². The Balaban J connectivity index is 1.24. The molecular weight excluding hydrogens is 683 g/mol. The number of hydrogen-bond acceptors (Lipinski definition) is 5. The molecule has 0 bridgehead atoms. The maximum absolute atomic E-state index is 6.85. The first-order chi connectivity index (χ1) is 26.0. The van der Waals surface area contributed by atoms with Gasteiger partial charge in [-0.1, -0.05) is 134 Å². The maximum Gasteiger partial charge on any atom is 0.164 e.